The van der Waals surface area contributed by atoms with E-state index < -0.39 is 15.5 Å². The van der Waals surface area contributed by atoms with Crippen molar-refractivity contribution < 1.29 is 17.4 Å². The highest BCUT2D eigenvalue weighted by Gasteiger charge is 2.40. The van der Waals surface area contributed by atoms with E-state index in [-0.39, 0.29) is 11.5 Å². The highest BCUT2D eigenvalue weighted by atomic mass is 32.2. The molecule has 0 bridgehead atoms. The molecule has 4 rings (SSSR count). The Morgan fingerprint density at radius 1 is 1.21 bits per heavy atom. The quantitative estimate of drug-likeness (QED) is 0.664. The van der Waals surface area contributed by atoms with Crippen LogP contribution >= 0.6 is 0 Å². The molecule has 1 aromatic heterocycles. The SMILES string of the molecule is CCc1cc2c(cc1OS(C)(=O)=O)C(C)(C)c1[nH]c3cc(C#N)ccc3c1C2=O. The number of aromatic nitrogens is 1. The molecule has 6 nitrogen and oxygen atoms in total. The fourth-order valence-electron chi connectivity index (χ4n) is 4.09. The Morgan fingerprint density at radius 3 is 2.55 bits per heavy atom. The number of aryl methyl sites for hydroxylation is 1. The van der Waals surface area contributed by atoms with Gasteiger partial charge in [-0.25, -0.2) is 0 Å². The van der Waals surface area contributed by atoms with Crippen LogP contribution in [0.2, 0.25) is 0 Å². The van der Waals surface area contributed by atoms with Gasteiger partial charge in [-0.1, -0.05) is 26.8 Å². The number of ketones is 1. The number of nitriles is 1. The van der Waals surface area contributed by atoms with Crippen molar-refractivity contribution in [3.63, 3.8) is 0 Å². The van der Waals surface area contributed by atoms with Crippen molar-refractivity contribution in [3.05, 3.63) is 63.8 Å². The first-order valence-electron chi connectivity index (χ1n) is 9.24. The average molecular weight is 408 g/mol. The van der Waals surface area contributed by atoms with Crippen LogP contribution in [0.15, 0.2) is 30.3 Å². The van der Waals surface area contributed by atoms with E-state index in [9.17, 15) is 18.5 Å². The summed E-state index contributed by atoms with van der Waals surface area (Å²) in [6.45, 7) is 5.84. The van der Waals surface area contributed by atoms with Gasteiger partial charge < -0.3 is 9.17 Å². The van der Waals surface area contributed by atoms with Crippen LogP contribution in [0.3, 0.4) is 0 Å². The van der Waals surface area contributed by atoms with Crippen molar-refractivity contribution in [2.24, 2.45) is 0 Å². The predicted molar refractivity (Wildman–Crippen MR) is 110 cm³/mol. The zero-order valence-electron chi connectivity index (χ0n) is 16.6. The van der Waals surface area contributed by atoms with Gasteiger partial charge in [0, 0.05) is 27.6 Å². The fourth-order valence-corrected chi connectivity index (χ4v) is 4.57. The second kappa shape index (κ2) is 6.19. The minimum absolute atomic E-state index is 0.120. The van der Waals surface area contributed by atoms with Crippen molar-refractivity contribution in [3.8, 4) is 11.8 Å². The van der Waals surface area contributed by atoms with E-state index in [0.29, 0.717) is 34.2 Å². The molecule has 0 saturated carbocycles. The van der Waals surface area contributed by atoms with E-state index in [4.69, 9.17) is 4.18 Å². The van der Waals surface area contributed by atoms with E-state index in [1.54, 1.807) is 30.3 Å². The average Bonchev–Trinajstić information content (AvgIpc) is 3.04. The van der Waals surface area contributed by atoms with Gasteiger partial charge in [0.05, 0.1) is 23.5 Å². The molecule has 148 valence electrons. The van der Waals surface area contributed by atoms with Gasteiger partial charge in [0.1, 0.15) is 5.75 Å². The van der Waals surface area contributed by atoms with Gasteiger partial charge in [-0.05, 0) is 41.8 Å². The molecule has 0 atom stereocenters. The zero-order valence-corrected chi connectivity index (χ0v) is 17.4. The molecular weight excluding hydrogens is 388 g/mol. The maximum Gasteiger partial charge on any atom is 0.306 e. The number of hydrogen-bond donors (Lipinski definition) is 1. The molecule has 0 aliphatic heterocycles. The largest absolute Gasteiger partial charge is 0.382 e. The lowest BCUT2D eigenvalue weighted by atomic mass is 9.70. The number of nitrogens with one attached hydrogen (secondary N) is 1. The first-order valence-corrected chi connectivity index (χ1v) is 11.1. The number of hydrogen-bond acceptors (Lipinski definition) is 5. The smallest absolute Gasteiger partial charge is 0.306 e. The molecule has 0 radical (unpaired) electrons. The van der Waals surface area contributed by atoms with Crippen molar-refractivity contribution >= 4 is 26.8 Å². The summed E-state index contributed by atoms with van der Waals surface area (Å²) in [6.07, 6.45) is 1.53. The fraction of sp³-hybridized carbons (Fsp3) is 0.273. The van der Waals surface area contributed by atoms with E-state index in [0.717, 1.165) is 22.9 Å². The van der Waals surface area contributed by atoms with Crippen LogP contribution in [0, 0.1) is 11.3 Å². The van der Waals surface area contributed by atoms with Crippen LogP contribution in [-0.2, 0) is 22.0 Å². The Kier molecular flexibility index (Phi) is 4.10. The summed E-state index contributed by atoms with van der Waals surface area (Å²) in [6, 6.07) is 10.8. The van der Waals surface area contributed by atoms with Gasteiger partial charge in [0.25, 0.3) is 0 Å². The predicted octanol–water partition coefficient (Wildman–Crippen LogP) is 3.81. The van der Waals surface area contributed by atoms with Gasteiger partial charge in [0.2, 0.25) is 0 Å². The summed E-state index contributed by atoms with van der Waals surface area (Å²) in [5.41, 5.74) is 3.90. The maximum atomic E-state index is 13.4. The summed E-state index contributed by atoms with van der Waals surface area (Å²) in [5, 5.41) is 9.96. The van der Waals surface area contributed by atoms with Crippen LogP contribution < -0.4 is 4.18 Å². The van der Waals surface area contributed by atoms with E-state index in [1.165, 1.54) is 0 Å². The normalized spacial score (nSPS) is 14.9. The van der Waals surface area contributed by atoms with Gasteiger partial charge in [0.15, 0.2) is 5.78 Å². The molecule has 0 saturated heterocycles. The van der Waals surface area contributed by atoms with E-state index in [1.807, 2.05) is 20.8 Å². The number of benzene rings is 2. The van der Waals surface area contributed by atoms with Crippen molar-refractivity contribution in [2.75, 3.05) is 6.26 Å². The third kappa shape index (κ3) is 2.91. The number of nitrogens with zero attached hydrogens (tertiary/aromatic N) is 1. The highest BCUT2D eigenvalue weighted by molar-refractivity contribution is 7.86. The highest BCUT2D eigenvalue weighted by Crippen LogP contribution is 2.45. The number of rotatable bonds is 3. The monoisotopic (exact) mass is 408 g/mol. The summed E-state index contributed by atoms with van der Waals surface area (Å²) in [7, 11) is -3.70. The van der Waals surface area contributed by atoms with Crippen LogP contribution in [0.1, 0.15) is 59.1 Å². The third-order valence-electron chi connectivity index (χ3n) is 5.52. The third-order valence-corrected chi connectivity index (χ3v) is 6.00. The Labute approximate surface area is 169 Å². The number of aromatic amines is 1. The second-order valence-electron chi connectivity index (χ2n) is 7.85. The lowest BCUT2D eigenvalue weighted by Gasteiger charge is -2.33. The summed E-state index contributed by atoms with van der Waals surface area (Å²) < 4.78 is 28.6. The molecule has 0 spiro atoms. The first kappa shape index (κ1) is 19.2. The van der Waals surface area contributed by atoms with E-state index in [2.05, 4.69) is 11.1 Å². The molecule has 7 heteroatoms. The molecule has 0 fully saturated rings. The number of carbonyl (C=O) groups is 1. The topological polar surface area (TPSA) is 100 Å². The number of H-pyrrole nitrogens is 1. The summed E-state index contributed by atoms with van der Waals surface area (Å²) >= 11 is 0. The standard InChI is InChI=1S/C22H20N2O4S/c1-5-13-9-15-16(10-18(13)28-29(4,26)27)22(2,3)21-19(20(15)25)14-7-6-12(11-23)8-17(14)24-21/h6-10,24H,5H2,1-4H3. The van der Waals surface area contributed by atoms with Gasteiger partial charge in [-0.2, -0.15) is 13.7 Å². The molecule has 1 heterocycles. The van der Waals surface area contributed by atoms with Crippen LogP contribution in [-0.4, -0.2) is 25.4 Å². The van der Waals surface area contributed by atoms with Gasteiger partial charge >= 0.3 is 10.1 Å². The lowest BCUT2D eigenvalue weighted by Crippen LogP contribution is -2.30. The van der Waals surface area contributed by atoms with Crippen molar-refractivity contribution in [2.45, 2.75) is 32.6 Å². The molecular formula is C22H20N2O4S. The zero-order chi connectivity index (χ0) is 21.1. The minimum atomic E-state index is -3.70. The molecule has 2 aromatic carbocycles. The Balaban J connectivity index is 2.01. The second-order valence-corrected chi connectivity index (χ2v) is 9.42. The van der Waals surface area contributed by atoms with Crippen molar-refractivity contribution in [1.82, 2.24) is 4.98 Å². The molecule has 0 unspecified atom stereocenters. The summed E-state index contributed by atoms with van der Waals surface area (Å²) in [4.78, 5) is 16.8. The lowest BCUT2D eigenvalue weighted by molar-refractivity contribution is 0.103. The first-order chi connectivity index (χ1) is 13.6. The Bertz CT molecular complexity index is 1340. The Morgan fingerprint density at radius 2 is 1.93 bits per heavy atom. The number of carbonyl (C=O) groups excluding carboxylic acids is 1. The molecule has 1 aliphatic carbocycles. The van der Waals surface area contributed by atoms with Crippen LogP contribution in [0.5, 0.6) is 5.75 Å². The summed E-state index contributed by atoms with van der Waals surface area (Å²) in [5.74, 6) is 0.131. The molecule has 3 aromatic rings. The minimum Gasteiger partial charge on any atom is -0.382 e. The molecule has 1 N–H and O–H groups in total. The van der Waals surface area contributed by atoms with E-state index >= 15 is 0 Å². The molecule has 29 heavy (non-hydrogen) atoms. The molecule has 1 aliphatic rings. The van der Waals surface area contributed by atoms with Gasteiger partial charge in [-0.3, -0.25) is 4.79 Å². The number of fused-ring (bicyclic) bond motifs is 4. The Hall–Kier alpha value is -3.11. The van der Waals surface area contributed by atoms with Crippen LogP contribution in [0.4, 0.5) is 0 Å². The van der Waals surface area contributed by atoms with Crippen molar-refractivity contribution in [1.29, 1.82) is 5.26 Å². The maximum absolute atomic E-state index is 13.4. The van der Waals surface area contributed by atoms with Crippen LogP contribution in [0.25, 0.3) is 10.9 Å². The van der Waals surface area contributed by atoms with Gasteiger partial charge in [-0.15, -0.1) is 0 Å². The molecule has 0 amide bonds.